The number of para-hydroxylation sites is 2. The van der Waals surface area contributed by atoms with Crippen molar-refractivity contribution in [1.29, 1.82) is 0 Å². The van der Waals surface area contributed by atoms with Crippen LogP contribution in [0.1, 0.15) is 0 Å². The molecule has 10 aromatic rings. The van der Waals surface area contributed by atoms with Gasteiger partial charge in [-0.25, -0.2) is 9.67 Å². The Labute approximate surface area is 275 Å². The zero-order valence-corrected chi connectivity index (χ0v) is 25.8. The minimum Gasteiger partial charge on any atom is -0.294 e. The molecule has 3 heterocycles. The van der Waals surface area contributed by atoms with E-state index in [1.54, 1.807) is 0 Å². The molecule has 0 aliphatic heterocycles. The number of benzene rings is 7. The molecule has 0 amide bonds. The van der Waals surface area contributed by atoms with E-state index in [-0.39, 0.29) is 0 Å². The lowest BCUT2D eigenvalue weighted by Crippen LogP contribution is -2.01. The van der Waals surface area contributed by atoms with Crippen LogP contribution in [-0.4, -0.2) is 19.3 Å². The van der Waals surface area contributed by atoms with E-state index in [9.17, 15) is 0 Å². The number of nitrogens with zero attached hydrogens (tertiary/aromatic N) is 4. The van der Waals surface area contributed by atoms with E-state index in [0.29, 0.717) is 0 Å². The normalized spacial score (nSPS) is 12.2. The summed E-state index contributed by atoms with van der Waals surface area (Å²) in [7, 11) is 0. The number of fused-ring (bicyclic) bond motifs is 13. The van der Waals surface area contributed by atoms with Crippen LogP contribution >= 0.6 is 0 Å². The summed E-state index contributed by atoms with van der Waals surface area (Å²) in [5.41, 5.74) is 11.8. The Kier molecular flexibility index (Phi) is 5.08. The van der Waals surface area contributed by atoms with Crippen molar-refractivity contribution >= 4 is 54.5 Å². The highest BCUT2D eigenvalue weighted by Crippen LogP contribution is 2.54. The SMILES string of the molecule is c1ccc(-n2nc3c4c(c5c6c7ccccc7ccc6n(-c6ccccc6)c5nc42)-c2c(ccc4ccccc24)-c2ccccc2-3)cc1. The van der Waals surface area contributed by atoms with E-state index < -0.39 is 0 Å². The third-order valence-corrected chi connectivity index (χ3v) is 10.1. The highest BCUT2D eigenvalue weighted by molar-refractivity contribution is 6.32. The molecule has 0 saturated heterocycles. The number of aromatic nitrogens is 4. The van der Waals surface area contributed by atoms with Crippen LogP contribution in [0.3, 0.4) is 0 Å². The van der Waals surface area contributed by atoms with Crippen LogP contribution in [0, 0.1) is 0 Å². The summed E-state index contributed by atoms with van der Waals surface area (Å²) in [5, 5.41) is 13.7. The van der Waals surface area contributed by atoms with Gasteiger partial charge < -0.3 is 0 Å². The lowest BCUT2D eigenvalue weighted by Gasteiger charge is -2.16. The summed E-state index contributed by atoms with van der Waals surface area (Å²) in [6.45, 7) is 0. The fourth-order valence-electron chi connectivity index (χ4n) is 8.07. The van der Waals surface area contributed by atoms with Crippen LogP contribution in [0.25, 0.3) is 99.4 Å². The average molecular weight is 611 g/mol. The van der Waals surface area contributed by atoms with E-state index in [1.807, 2.05) is 10.7 Å². The van der Waals surface area contributed by atoms with E-state index in [1.165, 1.54) is 49.2 Å². The van der Waals surface area contributed by atoms with Gasteiger partial charge in [-0.15, -0.1) is 0 Å². The fourth-order valence-corrected chi connectivity index (χ4v) is 8.07. The summed E-state index contributed by atoms with van der Waals surface area (Å²) in [5.74, 6) is 0. The largest absolute Gasteiger partial charge is 0.294 e. The van der Waals surface area contributed by atoms with Gasteiger partial charge in [-0.2, -0.15) is 5.10 Å². The van der Waals surface area contributed by atoms with Crippen LogP contribution in [0.4, 0.5) is 0 Å². The van der Waals surface area contributed by atoms with Gasteiger partial charge >= 0.3 is 0 Å². The molecule has 4 nitrogen and oxygen atoms in total. The van der Waals surface area contributed by atoms with Crippen LogP contribution < -0.4 is 0 Å². The Morgan fingerprint density at radius 2 is 1.02 bits per heavy atom. The lowest BCUT2D eigenvalue weighted by molar-refractivity contribution is 0.901. The molecule has 0 radical (unpaired) electrons. The number of hydrogen-bond acceptors (Lipinski definition) is 2. The van der Waals surface area contributed by atoms with Gasteiger partial charge in [0.05, 0.1) is 16.6 Å². The number of pyridine rings is 1. The van der Waals surface area contributed by atoms with Gasteiger partial charge in [-0.1, -0.05) is 127 Å². The highest BCUT2D eigenvalue weighted by Gasteiger charge is 2.32. The molecule has 0 unspecified atom stereocenters. The zero-order valence-electron chi connectivity index (χ0n) is 25.8. The molecule has 7 aromatic carbocycles. The molecular formula is C44H26N4. The highest BCUT2D eigenvalue weighted by atomic mass is 15.3. The van der Waals surface area contributed by atoms with Crippen LogP contribution in [0.15, 0.2) is 158 Å². The number of hydrogen-bond donors (Lipinski definition) is 0. The Hall–Kier alpha value is -6.52. The minimum absolute atomic E-state index is 0.846. The number of rotatable bonds is 2. The molecule has 3 aromatic heterocycles. The third-order valence-electron chi connectivity index (χ3n) is 10.1. The quantitative estimate of drug-likeness (QED) is 0.195. The molecule has 0 bridgehead atoms. The smallest absolute Gasteiger partial charge is 0.166 e. The monoisotopic (exact) mass is 610 g/mol. The third kappa shape index (κ3) is 3.33. The van der Waals surface area contributed by atoms with Gasteiger partial charge in [0.1, 0.15) is 11.3 Å². The molecule has 4 heteroatoms. The second kappa shape index (κ2) is 9.50. The van der Waals surface area contributed by atoms with Crippen molar-refractivity contribution < 1.29 is 0 Å². The second-order valence-electron chi connectivity index (χ2n) is 12.6. The Morgan fingerprint density at radius 3 is 1.81 bits per heavy atom. The predicted octanol–water partition coefficient (Wildman–Crippen LogP) is 11.1. The Bertz CT molecular complexity index is 2930. The van der Waals surface area contributed by atoms with Gasteiger partial charge in [0.2, 0.25) is 0 Å². The van der Waals surface area contributed by atoms with Crippen LogP contribution in [-0.2, 0) is 0 Å². The molecule has 0 atom stereocenters. The predicted molar refractivity (Wildman–Crippen MR) is 198 cm³/mol. The molecule has 0 saturated carbocycles. The van der Waals surface area contributed by atoms with Gasteiger partial charge in [0, 0.05) is 27.6 Å². The van der Waals surface area contributed by atoms with Crippen molar-refractivity contribution in [3.8, 4) is 44.9 Å². The van der Waals surface area contributed by atoms with Crippen molar-refractivity contribution in [3.05, 3.63) is 158 Å². The zero-order chi connectivity index (χ0) is 31.3. The molecular weight excluding hydrogens is 585 g/mol. The maximum absolute atomic E-state index is 5.67. The van der Waals surface area contributed by atoms with Crippen molar-refractivity contribution in [2.24, 2.45) is 0 Å². The summed E-state index contributed by atoms with van der Waals surface area (Å²) in [6, 6.07) is 56.4. The summed E-state index contributed by atoms with van der Waals surface area (Å²) >= 11 is 0. The average Bonchev–Trinajstić information content (AvgIpc) is 3.67. The molecule has 1 aliphatic carbocycles. The first-order valence-corrected chi connectivity index (χ1v) is 16.4. The van der Waals surface area contributed by atoms with Crippen LogP contribution in [0.2, 0.25) is 0 Å². The van der Waals surface area contributed by atoms with Crippen molar-refractivity contribution in [2.45, 2.75) is 0 Å². The molecule has 48 heavy (non-hydrogen) atoms. The Balaban J connectivity index is 1.50. The van der Waals surface area contributed by atoms with E-state index in [2.05, 4.69) is 156 Å². The van der Waals surface area contributed by atoms with Gasteiger partial charge in [0.15, 0.2) is 5.65 Å². The maximum Gasteiger partial charge on any atom is 0.166 e. The fraction of sp³-hybridized carbons (Fsp3) is 0. The first kappa shape index (κ1) is 25.6. The second-order valence-corrected chi connectivity index (χ2v) is 12.6. The topological polar surface area (TPSA) is 35.6 Å². The molecule has 0 fully saturated rings. The standard InChI is InChI=1S/C44H26N4/c1-3-15-29(16-4-1)47-36-26-24-28-14-8-10-20-32(28)38(36)40-39-37-31-19-9-7-13-27(31)23-25-34(37)33-21-11-12-22-35(33)42-41(39)44(45-43(40)47)48(46-42)30-17-5-2-6-18-30/h1-26H. The molecule has 11 rings (SSSR count). The minimum atomic E-state index is 0.846. The summed E-state index contributed by atoms with van der Waals surface area (Å²) in [6.07, 6.45) is 0. The Morgan fingerprint density at radius 1 is 0.396 bits per heavy atom. The van der Waals surface area contributed by atoms with Gasteiger partial charge in [-0.3, -0.25) is 4.57 Å². The first-order chi connectivity index (χ1) is 23.8. The maximum atomic E-state index is 5.67. The molecule has 0 spiro atoms. The summed E-state index contributed by atoms with van der Waals surface area (Å²) < 4.78 is 4.39. The first-order valence-electron chi connectivity index (χ1n) is 16.4. The van der Waals surface area contributed by atoms with Gasteiger partial charge in [0.25, 0.3) is 0 Å². The van der Waals surface area contributed by atoms with Crippen molar-refractivity contribution in [1.82, 2.24) is 19.3 Å². The van der Waals surface area contributed by atoms with E-state index >= 15 is 0 Å². The van der Waals surface area contributed by atoms with Crippen LogP contribution in [0.5, 0.6) is 0 Å². The van der Waals surface area contributed by atoms with Gasteiger partial charge in [-0.05, 0) is 68.6 Å². The van der Waals surface area contributed by atoms with E-state index in [0.717, 1.165) is 50.2 Å². The summed E-state index contributed by atoms with van der Waals surface area (Å²) in [4.78, 5) is 5.67. The molecule has 222 valence electrons. The van der Waals surface area contributed by atoms with E-state index in [4.69, 9.17) is 10.1 Å². The van der Waals surface area contributed by atoms with Crippen molar-refractivity contribution in [2.75, 3.05) is 0 Å². The molecule has 1 aliphatic rings. The van der Waals surface area contributed by atoms with Crippen molar-refractivity contribution in [3.63, 3.8) is 0 Å². The lowest BCUT2D eigenvalue weighted by atomic mass is 9.88. The molecule has 0 N–H and O–H groups in total.